The van der Waals surface area contributed by atoms with Gasteiger partial charge < -0.3 is 38.8 Å². The van der Waals surface area contributed by atoms with Crippen molar-refractivity contribution in [1.29, 1.82) is 0 Å². The molecule has 6 rings (SSSR count). The molecule has 2 aromatic carbocycles. The number of nitrogens with one attached hydrogen (secondary N) is 1. The molecule has 0 saturated carbocycles. The fourth-order valence-electron chi connectivity index (χ4n) is 5.96. The molecular weight excluding hydrogens is 676 g/mol. The number of aliphatic hydroxyl groups is 1. The van der Waals surface area contributed by atoms with Gasteiger partial charge >= 0.3 is 6.09 Å². The number of aromatic nitrogens is 1. The fourth-order valence-corrected chi connectivity index (χ4v) is 7.60. The van der Waals surface area contributed by atoms with Gasteiger partial charge in [0.05, 0.1) is 41.1 Å². The molecule has 17 heteroatoms. The monoisotopic (exact) mass is 714 g/mol. The molecule has 1 aromatic heterocycles. The number of nitro groups is 1. The third kappa shape index (κ3) is 8.24. The quantitative estimate of drug-likeness (QED) is 0.182. The average molecular weight is 715 g/mol. The van der Waals surface area contributed by atoms with Crippen LogP contribution in [0, 0.1) is 22.0 Å². The summed E-state index contributed by atoms with van der Waals surface area (Å²) in [5.41, 5.74) is 0.511. The zero-order valence-corrected chi connectivity index (χ0v) is 28.2. The Morgan fingerprint density at radius 2 is 1.88 bits per heavy atom. The van der Waals surface area contributed by atoms with Crippen LogP contribution in [-0.4, -0.2) is 91.5 Å². The van der Waals surface area contributed by atoms with Crippen LogP contribution in [0.3, 0.4) is 0 Å². The summed E-state index contributed by atoms with van der Waals surface area (Å²) in [6.45, 7) is 4.15. The zero-order chi connectivity index (χ0) is 35.4. The van der Waals surface area contributed by atoms with Gasteiger partial charge in [-0.05, 0) is 48.6 Å². The second-order valence-electron chi connectivity index (χ2n) is 12.6. The molecule has 0 aliphatic carbocycles. The minimum atomic E-state index is -4.12. The zero-order valence-electron chi connectivity index (χ0n) is 27.4. The van der Waals surface area contributed by atoms with E-state index in [1.165, 1.54) is 34.6 Å². The number of rotatable bonds is 14. The Hall–Kier alpha value is -4.55. The fraction of sp³-hybridized carbons (Fsp3) is 0.455. The van der Waals surface area contributed by atoms with Crippen molar-refractivity contribution in [2.75, 3.05) is 33.1 Å². The first kappa shape index (κ1) is 35.3. The Kier molecular flexibility index (Phi) is 10.7. The second kappa shape index (κ2) is 15.1. The maximum absolute atomic E-state index is 13.9. The number of carbonyl (C=O) groups is 1. The number of benzene rings is 2. The molecule has 2 saturated heterocycles. The molecule has 2 fully saturated rings. The summed E-state index contributed by atoms with van der Waals surface area (Å²) in [6, 6.07) is 12.7. The second-order valence-corrected chi connectivity index (χ2v) is 14.5. The van der Waals surface area contributed by atoms with Gasteiger partial charge in [-0.2, -0.15) is 4.31 Å². The normalized spacial score (nSPS) is 20.8. The van der Waals surface area contributed by atoms with E-state index in [0.29, 0.717) is 35.8 Å². The van der Waals surface area contributed by atoms with Crippen LogP contribution in [0.5, 0.6) is 23.1 Å². The Balaban J connectivity index is 1.19. The van der Waals surface area contributed by atoms with E-state index < -0.39 is 45.6 Å². The Bertz CT molecular complexity index is 1770. The number of alkyl carbamates (subject to hydrolysis) is 1. The average Bonchev–Trinajstić information content (AvgIpc) is 3.84. The smallest absolute Gasteiger partial charge is 0.407 e. The van der Waals surface area contributed by atoms with Gasteiger partial charge in [0.15, 0.2) is 17.8 Å². The third-order valence-corrected chi connectivity index (χ3v) is 10.3. The largest absolute Gasteiger partial charge is 0.454 e. The molecule has 268 valence electrons. The molecule has 4 heterocycles. The van der Waals surface area contributed by atoms with Crippen LogP contribution < -0.4 is 19.5 Å². The van der Waals surface area contributed by atoms with Gasteiger partial charge in [-0.15, -0.1) is 0 Å². The first-order valence-electron chi connectivity index (χ1n) is 16.1. The van der Waals surface area contributed by atoms with Gasteiger partial charge in [-0.1, -0.05) is 26.0 Å². The lowest BCUT2D eigenvalue weighted by Crippen LogP contribution is -2.51. The number of fused-ring (bicyclic) bond motifs is 2. The molecule has 3 aliphatic rings. The summed E-state index contributed by atoms with van der Waals surface area (Å²) in [6.07, 6.45) is -1.24. The van der Waals surface area contributed by atoms with Gasteiger partial charge in [0, 0.05) is 31.3 Å². The summed E-state index contributed by atoms with van der Waals surface area (Å²) in [5, 5.41) is 25.3. The van der Waals surface area contributed by atoms with Gasteiger partial charge in [-0.25, -0.2) is 18.2 Å². The van der Waals surface area contributed by atoms with E-state index in [2.05, 4.69) is 10.3 Å². The molecule has 3 aliphatic heterocycles. The van der Waals surface area contributed by atoms with Crippen molar-refractivity contribution in [1.82, 2.24) is 14.6 Å². The predicted molar refractivity (Wildman–Crippen MR) is 174 cm³/mol. The van der Waals surface area contributed by atoms with E-state index in [9.17, 15) is 28.4 Å². The lowest BCUT2D eigenvalue weighted by Gasteiger charge is -2.31. The van der Waals surface area contributed by atoms with Crippen LogP contribution in [0.15, 0.2) is 65.7 Å². The molecule has 50 heavy (non-hydrogen) atoms. The molecule has 1 amide bonds. The van der Waals surface area contributed by atoms with Crippen LogP contribution in [0.1, 0.15) is 25.8 Å². The standard InChI is InChI=1S/C33H38N4O12S/c1-20(2)16-36(50(42,43)24-8-9-28-29(14-24)47-19-46-28)17-27(38)26(35-33(39)49-30-18-45-32-25(30)11-12-44-32)13-21-3-6-23(7-4-21)48-31-10-5-22(15-34-31)37(40)41/h3-10,14-15,20,25-27,30,32,38H,11-13,16-19H2,1-2H3,(H,35,39)/t25?,26-,27+,30?,32?/m0/s1. The molecule has 16 nitrogen and oxygen atoms in total. The first-order chi connectivity index (χ1) is 24.0. The van der Waals surface area contributed by atoms with Crippen molar-refractivity contribution in [3.63, 3.8) is 0 Å². The van der Waals surface area contributed by atoms with Crippen molar-refractivity contribution < 1.29 is 51.7 Å². The summed E-state index contributed by atoms with van der Waals surface area (Å²) in [5.74, 6) is 1.10. The highest BCUT2D eigenvalue weighted by atomic mass is 32.2. The first-order valence-corrected chi connectivity index (χ1v) is 17.6. The van der Waals surface area contributed by atoms with Crippen molar-refractivity contribution in [2.24, 2.45) is 11.8 Å². The maximum Gasteiger partial charge on any atom is 0.407 e. The van der Waals surface area contributed by atoms with E-state index in [1.807, 2.05) is 13.8 Å². The Morgan fingerprint density at radius 1 is 1.10 bits per heavy atom. The molecule has 0 spiro atoms. The van der Waals surface area contributed by atoms with Crippen LogP contribution in [0.2, 0.25) is 0 Å². The molecule has 0 bridgehead atoms. The van der Waals surface area contributed by atoms with Crippen LogP contribution in [0.25, 0.3) is 0 Å². The Morgan fingerprint density at radius 3 is 2.60 bits per heavy atom. The van der Waals surface area contributed by atoms with Gasteiger partial charge in [-0.3, -0.25) is 10.1 Å². The number of hydrogen-bond acceptors (Lipinski definition) is 13. The molecule has 5 atom stereocenters. The highest BCUT2D eigenvalue weighted by molar-refractivity contribution is 7.89. The molecule has 2 N–H and O–H groups in total. The lowest BCUT2D eigenvalue weighted by atomic mass is 10.0. The number of sulfonamides is 1. The summed E-state index contributed by atoms with van der Waals surface area (Å²) < 4.78 is 62.3. The number of ether oxygens (including phenoxy) is 6. The van der Waals surface area contributed by atoms with Gasteiger partial charge in [0.25, 0.3) is 5.69 Å². The molecule has 0 radical (unpaired) electrons. The minimum absolute atomic E-state index is 0.0147. The van der Waals surface area contributed by atoms with E-state index in [1.54, 1.807) is 24.3 Å². The number of hydrogen-bond donors (Lipinski definition) is 2. The lowest BCUT2D eigenvalue weighted by molar-refractivity contribution is -0.385. The Labute approximate surface area is 288 Å². The highest BCUT2D eigenvalue weighted by Gasteiger charge is 2.44. The number of amides is 1. The van der Waals surface area contributed by atoms with Crippen molar-refractivity contribution in [3.8, 4) is 23.1 Å². The van der Waals surface area contributed by atoms with Crippen molar-refractivity contribution in [3.05, 3.63) is 76.5 Å². The van der Waals surface area contributed by atoms with E-state index in [-0.39, 0.29) is 61.2 Å². The van der Waals surface area contributed by atoms with Crippen molar-refractivity contribution in [2.45, 2.75) is 56.1 Å². The number of aliphatic hydroxyl groups excluding tert-OH is 1. The minimum Gasteiger partial charge on any atom is -0.454 e. The number of pyridine rings is 1. The van der Waals surface area contributed by atoms with E-state index in [4.69, 9.17) is 28.4 Å². The van der Waals surface area contributed by atoms with Crippen LogP contribution in [0.4, 0.5) is 10.5 Å². The predicted octanol–water partition coefficient (Wildman–Crippen LogP) is 3.62. The topological polar surface area (TPSA) is 198 Å². The summed E-state index contributed by atoms with van der Waals surface area (Å²) in [4.78, 5) is 27.5. The van der Waals surface area contributed by atoms with Crippen LogP contribution in [-0.2, 0) is 30.7 Å². The molecule has 3 unspecified atom stereocenters. The number of nitrogens with zero attached hydrogens (tertiary/aromatic N) is 3. The third-order valence-electron chi connectivity index (χ3n) is 8.49. The van der Waals surface area contributed by atoms with E-state index in [0.717, 1.165) is 6.20 Å². The molecular formula is C33H38N4O12S. The summed E-state index contributed by atoms with van der Waals surface area (Å²) >= 11 is 0. The van der Waals surface area contributed by atoms with Crippen molar-refractivity contribution >= 4 is 21.8 Å². The summed E-state index contributed by atoms with van der Waals surface area (Å²) in [7, 11) is -4.12. The SMILES string of the molecule is CC(C)CN(C[C@@H](O)[C@H](Cc1ccc(Oc2ccc([N+](=O)[O-])cn2)cc1)NC(=O)OC1COC2OCCC12)S(=O)(=O)c1ccc2c(c1)OCO2. The van der Waals surface area contributed by atoms with Gasteiger partial charge in [0.1, 0.15) is 18.1 Å². The van der Waals surface area contributed by atoms with E-state index >= 15 is 0 Å². The molecule has 3 aromatic rings. The highest BCUT2D eigenvalue weighted by Crippen LogP contribution is 2.35. The maximum atomic E-state index is 13.9. The number of carbonyl (C=O) groups excluding carboxylic acids is 1. The van der Waals surface area contributed by atoms with Gasteiger partial charge in [0.2, 0.25) is 22.7 Å². The van der Waals surface area contributed by atoms with Crippen LogP contribution >= 0.6 is 0 Å².